The quantitative estimate of drug-likeness (QED) is 0.449. The number of hydrogen-bond donors (Lipinski definition) is 2. The first-order valence-corrected chi connectivity index (χ1v) is 11.6. The lowest BCUT2D eigenvalue weighted by atomic mass is 10.1. The minimum absolute atomic E-state index is 0.338. The van der Waals surface area contributed by atoms with Crippen molar-refractivity contribution in [2.24, 2.45) is 4.99 Å². The summed E-state index contributed by atoms with van der Waals surface area (Å²) in [6.45, 7) is 1.35. The van der Waals surface area contributed by atoms with Crippen LogP contribution in [-0.4, -0.2) is 41.3 Å². The molecule has 0 heterocycles. The van der Waals surface area contributed by atoms with Gasteiger partial charge in [0.2, 0.25) is 0 Å². The third kappa shape index (κ3) is 5.73. The maximum Gasteiger partial charge on any atom is 0.191 e. The Morgan fingerprint density at radius 1 is 0.933 bits per heavy atom. The lowest BCUT2D eigenvalue weighted by Crippen LogP contribution is -2.37. The molecule has 3 aromatic carbocycles. The highest BCUT2D eigenvalue weighted by Gasteiger charge is 2.06. The van der Waals surface area contributed by atoms with E-state index in [1.54, 1.807) is 26.3 Å². The van der Waals surface area contributed by atoms with Crippen molar-refractivity contribution in [1.82, 2.24) is 10.6 Å². The van der Waals surface area contributed by atoms with E-state index in [1.807, 2.05) is 24.3 Å². The van der Waals surface area contributed by atoms with Gasteiger partial charge in [0.05, 0.1) is 12.0 Å². The lowest BCUT2D eigenvalue weighted by Gasteiger charge is -2.13. The molecule has 0 saturated heterocycles. The summed E-state index contributed by atoms with van der Waals surface area (Å²) in [4.78, 5) is 4.60. The molecule has 0 radical (unpaired) electrons. The van der Waals surface area contributed by atoms with Gasteiger partial charge in [0.25, 0.3) is 0 Å². The van der Waals surface area contributed by atoms with Gasteiger partial charge in [-0.3, -0.25) is 4.99 Å². The van der Waals surface area contributed by atoms with Crippen LogP contribution in [0.2, 0.25) is 0 Å². The molecule has 6 nitrogen and oxygen atoms in total. The van der Waals surface area contributed by atoms with Crippen LogP contribution in [-0.2, 0) is 22.8 Å². The second-order valence-electron chi connectivity index (χ2n) is 7.07. The number of benzene rings is 3. The number of guanidine groups is 1. The number of hydrogen-bond acceptors (Lipinski definition) is 4. The summed E-state index contributed by atoms with van der Waals surface area (Å²) < 4.78 is 28.3. The van der Waals surface area contributed by atoms with Gasteiger partial charge >= 0.3 is 0 Å². The fourth-order valence-corrected chi connectivity index (χ4v) is 3.78. The molecule has 0 aliphatic carbocycles. The molecule has 0 spiro atoms. The van der Waals surface area contributed by atoms with E-state index >= 15 is 0 Å². The van der Waals surface area contributed by atoms with Gasteiger partial charge in [-0.15, -0.1) is 0 Å². The van der Waals surface area contributed by atoms with Crippen molar-refractivity contribution in [2.75, 3.05) is 27.0 Å². The maximum absolute atomic E-state index is 11.5. The summed E-state index contributed by atoms with van der Waals surface area (Å²) in [7, 11) is 0.249. The third-order valence-corrected chi connectivity index (χ3v) is 5.98. The standard InChI is InChI=1S/C23H27N3O3S/c1-24-23(25-13-12-17-5-10-22(11-6-17)30(3,27)28)26-16-18-4-7-20-15-21(29-2)9-8-19(20)14-18/h4-11,14-15H,12-13,16H2,1-3H3,(H2,24,25,26). The fraction of sp³-hybridized carbons (Fsp3) is 0.261. The highest BCUT2D eigenvalue weighted by molar-refractivity contribution is 7.90. The van der Waals surface area contributed by atoms with Crippen molar-refractivity contribution < 1.29 is 13.2 Å². The topological polar surface area (TPSA) is 79.8 Å². The first kappa shape index (κ1) is 21.6. The lowest BCUT2D eigenvalue weighted by molar-refractivity contribution is 0.415. The van der Waals surface area contributed by atoms with Crippen molar-refractivity contribution in [2.45, 2.75) is 17.9 Å². The molecule has 3 rings (SSSR count). The zero-order valence-electron chi connectivity index (χ0n) is 17.5. The second-order valence-corrected chi connectivity index (χ2v) is 9.08. The summed E-state index contributed by atoms with van der Waals surface area (Å²) in [6, 6.07) is 19.4. The van der Waals surface area contributed by atoms with Crippen LogP contribution in [0.15, 0.2) is 70.6 Å². The molecule has 3 aromatic rings. The molecule has 0 amide bonds. The van der Waals surface area contributed by atoms with Crippen molar-refractivity contribution in [3.8, 4) is 5.75 Å². The van der Waals surface area contributed by atoms with Crippen LogP contribution in [0.3, 0.4) is 0 Å². The largest absolute Gasteiger partial charge is 0.497 e. The van der Waals surface area contributed by atoms with Gasteiger partial charge in [-0.25, -0.2) is 8.42 Å². The molecule has 0 bridgehead atoms. The predicted octanol–water partition coefficient (Wildman–Crippen LogP) is 3.16. The van der Waals surface area contributed by atoms with Crippen molar-refractivity contribution >= 4 is 26.6 Å². The molecule has 30 heavy (non-hydrogen) atoms. The molecule has 158 valence electrons. The van der Waals surface area contributed by atoms with Gasteiger partial charge in [0.15, 0.2) is 15.8 Å². The van der Waals surface area contributed by atoms with Crippen molar-refractivity contribution in [3.05, 3.63) is 71.8 Å². The number of rotatable bonds is 7. The molecule has 7 heteroatoms. The normalized spacial score (nSPS) is 12.0. The zero-order chi connectivity index (χ0) is 21.6. The first-order chi connectivity index (χ1) is 14.4. The number of nitrogens with one attached hydrogen (secondary N) is 2. The summed E-state index contributed by atoms with van der Waals surface area (Å²) in [6.07, 6.45) is 1.98. The number of aliphatic imine (C=N–C) groups is 1. The Bertz CT molecular complexity index is 1140. The van der Waals surface area contributed by atoms with Gasteiger partial charge in [-0.2, -0.15) is 0 Å². The molecule has 0 aliphatic heterocycles. The molecule has 2 N–H and O–H groups in total. The molecular formula is C23H27N3O3S. The van der Waals surface area contributed by atoms with E-state index in [1.165, 1.54) is 6.26 Å². The monoisotopic (exact) mass is 425 g/mol. The molecule has 0 unspecified atom stereocenters. The van der Waals surface area contributed by atoms with Crippen LogP contribution in [0, 0.1) is 0 Å². The van der Waals surface area contributed by atoms with Crippen LogP contribution in [0.5, 0.6) is 5.75 Å². The Balaban J connectivity index is 1.52. The Hall–Kier alpha value is -3.06. The number of fused-ring (bicyclic) bond motifs is 1. The predicted molar refractivity (Wildman–Crippen MR) is 122 cm³/mol. The minimum atomic E-state index is -3.16. The molecule has 0 aromatic heterocycles. The SMILES string of the molecule is CN=C(NCCc1ccc(S(C)(=O)=O)cc1)NCc1ccc2cc(OC)ccc2c1. The van der Waals surface area contributed by atoms with E-state index < -0.39 is 9.84 Å². The molecule has 0 saturated carbocycles. The summed E-state index contributed by atoms with van der Waals surface area (Å²) in [5.74, 6) is 1.57. The molecular weight excluding hydrogens is 398 g/mol. The highest BCUT2D eigenvalue weighted by atomic mass is 32.2. The van der Waals surface area contributed by atoms with Crippen molar-refractivity contribution in [3.63, 3.8) is 0 Å². The minimum Gasteiger partial charge on any atom is -0.497 e. The average Bonchev–Trinajstić information content (AvgIpc) is 2.75. The maximum atomic E-state index is 11.5. The van der Waals surface area contributed by atoms with E-state index in [0.29, 0.717) is 18.0 Å². The average molecular weight is 426 g/mol. The summed E-state index contributed by atoms with van der Waals surface area (Å²) in [5, 5.41) is 8.92. The molecule has 0 fully saturated rings. The van der Waals surface area contributed by atoms with Crippen LogP contribution in [0.25, 0.3) is 10.8 Å². The number of nitrogens with zero attached hydrogens (tertiary/aromatic N) is 1. The first-order valence-electron chi connectivity index (χ1n) is 9.69. The summed E-state index contributed by atoms with van der Waals surface area (Å²) >= 11 is 0. The second kappa shape index (κ2) is 9.63. The molecule has 0 atom stereocenters. The van der Waals surface area contributed by atoms with Crippen LogP contribution in [0.4, 0.5) is 0 Å². The van der Waals surface area contributed by atoms with E-state index in [2.05, 4.69) is 39.9 Å². The number of sulfone groups is 1. The van der Waals surface area contributed by atoms with Gasteiger partial charge in [0.1, 0.15) is 5.75 Å². The van der Waals surface area contributed by atoms with E-state index in [-0.39, 0.29) is 0 Å². The van der Waals surface area contributed by atoms with Crippen LogP contribution >= 0.6 is 0 Å². The zero-order valence-corrected chi connectivity index (χ0v) is 18.3. The smallest absolute Gasteiger partial charge is 0.191 e. The van der Waals surface area contributed by atoms with Crippen LogP contribution in [0.1, 0.15) is 11.1 Å². The van der Waals surface area contributed by atoms with Gasteiger partial charge < -0.3 is 15.4 Å². The summed E-state index contributed by atoms with van der Waals surface area (Å²) in [5.41, 5.74) is 2.22. The van der Waals surface area contributed by atoms with Gasteiger partial charge in [0, 0.05) is 26.4 Å². The van der Waals surface area contributed by atoms with Crippen molar-refractivity contribution in [1.29, 1.82) is 0 Å². The fourth-order valence-electron chi connectivity index (χ4n) is 3.15. The van der Waals surface area contributed by atoms with E-state index in [9.17, 15) is 8.42 Å². The van der Waals surface area contributed by atoms with E-state index in [0.717, 1.165) is 40.0 Å². The Labute approximate surface area is 177 Å². The number of ether oxygens (including phenoxy) is 1. The molecule has 0 aliphatic rings. The highest BCUT2D eigenvalue weighted by Crippen LogP contribution is 2.21. The third-order valence-electron chi connectivity index (χ3n) is 4.85. The van der Waals surface area contributed by atoms with Gasteiger partial charge in [-0.05, 0) is 58.7 Å². The van der Waals surface area contributed by atoms with Crippen LogP contribution < -0.4 is 15.4 Å². The number of methoxy groups -OCH3 is 1. The van der Waals surface area contributed by atoms with Gasteiger partial charge in [-0.1, -0.05) is 30.3 Å². The Kier molecular flexibility index (Phi) is 6.95. The Morgan fingerprint density at radius 3 is 2.27 bits per heavy atom. The Morgan fingerprint density at radius 2 is 1.60 bits per heavy atom. The van der Waals surface area contributed by atoms with E-state index in [4.69, 9.17) is 4.74 Å².